The van der Waals surface area contributed by atoms with Gasteiger partial charge in [-0.1, -0.05) is 13.8 Å². The summed E-state index contributed by atoms with van der Waals surface area (Å²) in [4.78, 5) is 26.2. The summed E-state index contributed by atoms with van der Waals surface area (Å²) in [6.07, 6.45) is 3.97. The Hall–Kier alpha value is -1.06. The number of nitrogens with zero attached hydrogens (tertiary/aromatic N) is 1. The van der Waals surface area contributed by atoms with E-state index in [1.165, 1.54) is 0 Å². The monoisotopic (exact) mass is 238 g/mol. The zero-order chi connectivity index (χ0) is 12.6. The standard InChI is InChI=1S/C13H22N2O2/c1-4-10(5-2)15-8(3)12(16)14-11(13(15)17)9-6-7-9/h8-11H,4-7H2,1-3H3,(H,14,16). The average molecular weight is 238 g/mol. The van der Waals surface area contributed by atoms with Crippen LogP contribution in [0.25, 0.3) is 0 Å². The molecule has 0 bridgehead atoms. The molecule has 4 heteroatoms. The minimum absolute atomic E-state index is 0.00778. The summed E-state index contributed by atoms with van der Waals surface area (Å²) in [5.74, 6) is 0.525. The molecule has 2 amide bonds. The second-order valence-electron chi connectivity index (χ2n) is 5.22. The van der Waals surface area contributed by atoms with E-state index in [4.69, 9.17) is 0 Å². The maximum Gasteiger partial charge on any atom is 0.246 e. The van der Waals surface area contributed by atoms with Crippen LogP contribution in [0, 0.1) is 5.92 Å². The molecule has 2 aliphatic rings. The Morgan fingerprint density at radius 1 is 1.29 bits per heavy atom. The van der Waals surface area contributed by atoms with Crippen LogP contribution >= 0.6 is 0 Å². The van der Waals surface area contributed by atoms with Crippen LogP contribution in [-0.2, 0) is 9.59 Å². The number of piperazine rings is 1. The SMILES string of the molecule is CCC(CC)N1C(=O)C(C2CC2)NC(=O)C1C. The lowest BCUT2D eigenvalue weighted by Crippen LogP contribution is -2.65. The molecule has 1 aliphatic carbocycles. The Morgan fingerprint density at radius 2 is 1.88 bits per heavy atom. The predicted molar refractivity (Wildman–Crippen MR) is 65.3 cm³/mol. The van der Waals surface area contributed by atoms with E-state index in [1.807, 2.05) is 11.8 Å². The maximum atomic E-state index is 12.4. The fourth-order valence-corrected chi connectivity index (χ4v) is 2.74. The molecule has 1 saturated carbocycles. The van der Waals surface area contributed by atoms with Gasteiger partial charge in [-0.25, -0.2) is 0 Å². The summed E-state index contributed by atoms with van der Waals surface area (Å²) in [5, 5.41) is 2.88. The third-order valence-corrected chi connectivity index (χ3v) is 4.04. The van der Waals surface area contributed by atoms with Gasteiger partial charge in [-0.3, -0.25) is 9.59 Å². The molecule has 0 aromatic heterocycles. The lowest BCUT2D eigenvalue weighted by Gasteiger charge is -2.42. The topological polar surface area (TPSA) is 49.4 Å². The lowest BCUT2D eigenvalue weighted by atomic mass is 9.99. The highest BCUT2D eigenvalue weighted by atomic mass is 16.2. The largest absolute Gasteiger partial charge is 0.342 e. The van der Waals surface area contributed by atoms with Gasteiger partial charge in [0.05, 0.1) is 0 Å². The van der Waals surface area contributed by atoms with E-state index in [-0.39, 0.29) is 29.9 Å². The van der Waals surface area contributed by atoms with Crippen molar-refractivity contribution in [2.75, 3.05) is 0 Å². The van der Waals surface area contributed by atoms with Crippen molar-refractivity contribution < 1.29 is 9.59 Å². The first kappa shape index (κ1) is 12.4. The Morgan fingerprint density at radius 3 is 2.35 bits per heavy atom. The second kappa shape index (κ2) is 4.67. The smallest absolute Gasteiger partial charge is 0.246 e. The van der Waals surface area contributed by atoms with Crippen molar-refractivity contribution in [2.24, 2.45) is 5.92 Å². The number of rotatable bonds is 4. The first-order valence-corrected chi connectivity index (χ1v) is 6.72. The molecule has 0 aromatic carbocycles. The lowest BCUT2D eigenvalue weighted by molar-refractivity contribution is -0.152. The third kappa shape index (κ3) is 2.17. The van der Waals surface area contributed by atoms with E-state index < -0.39 is 0 Å². The summed E-state index contributed by atoms with van der Waals surface area (Å²) >= 11 is 0. The second-order valence-corrected chi connectivity index (χ2v) is 5.22. The highest BCUT2D eigenvalue weighted by Crippen LogP contribution is 2.35. The predicted octanol–water partition coefficient (Wildman–Crippen LogP) is 1.30. The fraction of sp³-hybridized carbons (Fsp3) is 0.846. The first-order valence-electron chi connectivity index (χ1n) is 6.72. The van der Waals surface area contributed by atoms with Gasteiger partial charge in [-0.15, -0.1) is 0 Å². The van der Waals surface area contributed by atoms with Crippen molar-refractivity contribution in [3.8, 4) is 0 Å². The van der Waals surface area contributed by atoms with Gasteiger partial charge in [0.1, 0.15) is 12.1 Å². The van der Waals surface area contributed by atoms with E-state index in [9.17, 15) is 9.59 Å². The Bertz CT molecular complexity index is 321. The summed E-state index contributed by atoms with van der Waals surface area (Å²) in [6, 6.07) is -0.369. The van der Waals surface area contributed by atoms with Gasteiger partial charge in [0, 0.05) is 6.04 Å². The fourth-order valence-electron chi connectivity index (χ4n) is 2.74. The number of hydrogen-bond acceptors (Lipinski definition) is 2. The molecular formula is C13H22N2O2. The van der Waals surface area contributed by atoms with Crippen molar-refractivity contribution in [1.29, 1.82) is 0 Å². The molecule has 1 N–H and O–H groups in total. The van der Waals surface area contributed by atoms with Gasteiger partial charge in [-0.2, -0.15) is 0 Å². The van der Waals surface area contributed by atoms with E-state index in [1.54, 1.807) is 0 Å². The van der Waals surface area contributed by atoms with Gasteiger partial charge in [0.25, 0.3) is 0 Å². The molecule has 1 saturated heterocycles. The normalized spacial score (nSPS) is 29.8. The summed E-state index contributed by atoms with van der Waals surface area (Å²) < 4.78 is 0. The number of amides is 2. The highest BCUT2D eigenvalue weighted by molar-refractivity contribution is 5.97. The minimum Gasteiger partial charge on any atom is -0.342 e. The van der Waals surface area contributed by atoms with Crippen LogP contribution in [0.2, 0.25) is 0 Å². The van der Waals surface area contributed by atoms with Gasteiger partial charge < -0.3 is 10.2 Å². The molecule has 0 aromatic rings. The van der Waals surface area contributed by atoms with Crippen molar-refractivity contribution >= 4 is 11.8 Å². The molecule has 1 heterocycles. The summed E-state index contributed by atoms with van der Waals surface area (Å²) in [7, 11) is 0. The quantitative estimate of drug-likeness (QED) is 0.802. The number of nitrogens with one attached hydrogen (secondary N) is 1. The highest BCUT2D eigenvalue weighted by Gasteiger charge is 2.46. The molecule has 1 aliphatic heterocycles. The van der Waals surface area contributed by atoms with E-state index in [2.05, 4.69) is 19.2 Å². The van der Waals surface area contributed by atoms with Crippen LogP contribution in [0.4, 0.5) is 0 Å². The van der Waals surface area contributed by atoms with Crippen molar-refractivity contribution in [3.63, 3.8) is 0 Å². The summed E-state index contributed by atoms with van der Waals surface area (Å²) in [6.45, 7) is 5.98. The molecule has 96 valence electrons. The number of carbonyl (C=O) groups is 2. The molecule has 0 spiro atoms. The van der Waals surface area contributed by atoms with Crippen molar-refractivity contribution in [1.82, 2.24) is 10.2 Å². The van der Waals surface area contributed by atoms with Crippen LogP contribution in [0.1, 0.15) is 46.5 Å². The zero-order valence-electron chi connectivity index (χ0n) is 10.9. The van der Waals surface area contributed by atoms with Crippen molar-refractivity contribution in [2.45, 2.75) is 64.6 Å². The van der Waals surface area contributed by atoms with Gasteiger partial charge in [0.15, 0.2) is 0 Å². The van der Waals surface area contributed by atoms with Gasteiger partial charge in [0.2, 0.25) is 11.8 Å². The Balaban J connectivity index is 2.19. The molecular weight excluding hydrogens is 216 g/mol. The molecule has 17 heavy (non-hydrogen) atoms. The molecule has 2 fully saturated rings. The zero-order valence-corrected chi connectivity index (χ0v) is 10.9. The number of carbonyl (C=O) groups excluding carboxylic acids is 2. The van der Waals surface area contributed by atoms with Crippen LogP contribution < -0.4 is 5.32 Å². The molecule has 0 radical (unpaired) electrons. The van der Waals surface area contributed by atoms with E-state index >= 15 is 0 Å². The average Bonchev–Trinajstić information content (AvgIpc) is 3.13. The first-order chi connectivity index (χ1) is 8.10. The van der Waals surface area contributed by atoms with Crippen LogP contribution in [0.15, 0.2) is 0 Å². The summed E-state index contributed by atoms with van der Waals surface area (Å²) in [5.41, 5.74) is 0. The Kier molecular flexibility index (Phi) is 3.40. The third-order valence-electron chi connectivity index (χ3n) is 4.04. The van der Waals surface area contributed by atoms with Crippen molar-refractivity contribution in [3.05, 3.63) is 0 Å². The number of hydrogen-bond donors (Lipinski definition) is 1. The van der Waals surface area contributed by atoms with E-state index in [0.29, 0.717) is 5.92 Å². The maximum absolute atomic E-state index is 12.4. The van der Waals surface area contributed by atoms with E-state index in [0.717, 1.165) is 25.7 Å². The van der Waals surface area contributed by atoms with Crippen LogP contribution in [0.5, 0.6) is 0 Å². The van der Waals surface area contributed by atoms with Gasteiger partial charge in [-0.05, 0) is 38.5 Å². The van der Waals surface area contributed by atoms with Crippen LogP contribution in [-0.4, -0.2) is 34.8 Å². The van der Waals surface area contributed by atoms with Crippen LogP contribution in [0.3, 0.4) is 0 Å². The molecule has 2 atom stereocenters. The molecule has 4 nitrogen and oxygen atoms in total. The molecule has 2 rings (SSSR count). The molecule has 2 unspecified atom stereocenters. The van der Waals surface area contributed by atoms with Gasteiger partial charge >= 0.3 is 0 Å². The minimum atomic E-state index is -0.317. The Labute approximate surface area is 103 Å².